The Morgan fingerprint density at radius 2 is 2.14 bits per heavy atom. The van der Waals surface area contributed by atoms with Crippen LogP contribution in [0, 0.1) is 18.3 Å². The number of sulfonamides is 1. The molecule has 1 fully saturated rings. The molecule has 1 aliphatic rings. The van der Waals surface area contributed by atoms with Gasteiger partial charge in [0, 0.05) is 18.6 Å². The average Bonchev–Trinajstić information content (AvgIpc) is 2.46. The molecule has 2 unspecified atom stereocenters. The second-order valence-electron chi connectivity index (χ2n) is 5.60. The first-order chi connectivity index (χ1) is 9.91. The molecule has 1 heterocycles. The molecular formula is C15H21N3O2S. The quantitative estimate of drug-likeness (QED) is 0.921. The highest BCUT2D eigenvalue weighted by molar-refractivity contribution is 7.89. The number of aryl methyl sites for hydroxylation is 1. The van der Waals surface area contributed by atoms with Crippen LogP contribution in [-0.4, -0.2) is 31.4 Å². The van der Waals surface area contributed by atoms with Crippen LogP contribution in [0.2, 0.25) is 0 Å². The fourth-order valence-corrected chi connectivity index (χ4v) is 5.12. The molecule has 0 spiro atoms. The molecule has 6 heteroatoms. The summed E-state index contributed by atoms with van der Waals surface area (Å²) < 4.78 is 27.6. The first kappa shape index (κ1) is 16.0. The Hall–Kier alpha value is -1.42. The second kappa shape index (κ2) is 6.14. The first-order valence-electron chi connectivity index (χ1n) is 7.16. The normalized spacial score (nSPS) is 23.7. The summed E-state index contributed by atoms with van der Waals surface area (Å²) >= 11 is 0. The molecule has 0 radical (unpaired) electrons. The van der Waals surface area contributed by atoms with Crippen molar-refractivity contribution in [3.63, 3.8) is 0 Å². The molecule has 5 nitrogen and oxygen atoms in total. The molecular weight excluding hydrogens is 286 g/mol. The van der Waals surface area contributed by atoms with E-state index in [1.807, 2.05) is 13.0 Å². The zero-order valence-electron chi connectivity index (χ0n) is 12.4. The van der Waals surface area contributed by atoms with Gasteiger partial charge in [0.05, 0.1) is 16.5 Å². The summed E-state index contributed by atoms with van der Waals surface area (Å²) in [6, 6.07) is 6.54. The van der Waals surface area contributed by atoms with Crippen molar-refractivity contribution >= 4 is 10.0 Å². The van der Waals surface area contributed by atoms with Crippen LogP contribution in [0.5, 0.6) is 0 Å². The summed E-state index contributed by atoms with van der Waals surface area (Å²) in [7, 11) is -3.63. The van der Waals surface area contributed by atoms with Gasteiger partial charge in [-0.3, -0.25) is 0 Å². The van der Waals surface area contributed by atoms with Crippen molar-refractivity contribution in [2.75, 3.05) is 6.54 Å². The van der Waals surface area contributed by atoms with E-state index < -0.39 is 10.0 Å². The number of benzene rings is 1. The van der Waals surface area contributed by atoms with Gasteiger partial charge in [-0.15, -0.1) is 0 Å². The van der Waals surface area contributed by atoms with Gasteiger partial charge in [0.1, 0.15) is 0 Å². The van der Waals surface area contributed by atoms with Crippen LogP contribution >= 0.6 is 0 Å². The van der Waals surface area contributed by atoms with E-state index in [2.05, 4.69) is 0 Å². The molecule has 2 rings (SSSR count). The average molecular weight is 307 g/mol. The van der Waals surface area contributed by atoms with Crippen molar-refractivity contribution in [1.82, 2.24) is 4.31 Å². The van der Waals surface area contributed by atoms with Gasteiger partial charge in [-0.25, -0.2) is 8.42 Å². The Morgan fingerprint density at radius 3 is 2.76 bits per heavy atom. The van der Waals surface area contributed by atoms with Crippen molar-refractivity contribution < 1.29 is 8.42 Å². The summed E-state index contributed by atoms with van der Waals surface area (Å²) in [5.74, 6) is 0. The lowest BCUT2D eigenvalue weighted by molar-refractivity contribution is 0.196. The van der Waals surface area contributed by atoms with Crippen molar-refractivity contribution in [1.29, 1.82) is 5.26 Å². The second-order valence-corrected chi connectivity index (χ2v) is 7.41. The van der Waals surface area contributed by atoms with Crippen molar-refractivity contribution in [3.8, 4) is 6.07 Å². The minimum atomic E-state index is -3.63. The summed E-state index contributed by atoms with van der Waals surface area (Å²) in [6.45, 7) is 3.99. The van der Waals surface area contributed by atoms with E-state index in [0.29, 0.717) is 17.7 Å². The molecule has 1 saturated heterocycles. The molecule has 114 valence electrons. The fourth-order valence-electron chi connectivity index (χ4n) is 2.98. The van der Waals surface area contributed by atoms with Crippen LogP contribution in [0.4, 0.5) is 0 Å². The number of nitrogens with zero attached hydrogens (tertiary/aromatic N) is 2. The number of piperidine rings is 1. The Bertz CT molecular complexity index is 664. The number of rotatable bonds is 3. The molecule has 0 aromatic heterocycles. The number of hydrogen-bond acceptors (Lipinski definition) is 4. The first-order valence-corrected chi connectivity index (χ1v) is 8.60. The zero-order chi connectivity index (χ0) is 15.6. The Balaban J connectivity index is 2.52. The standard InChI is InChI=1S/C15H21N3O2S/c1-11-6-7-13(9-16)8-15(11)21(19,20)18-12(2)4-3-5-14(18)10-17/h6-8,12,14H,3-5,10,17H2,1-2H3. The van der Waals surface area contributed by atoms with Crippen LogP contribution in [0.15, 0.2) is 23.1 Å². The Morgan fingerprint density at radius 1 is 1.43 bits per heavy atom. The third-order valence-corrected chi connectivity index (χ3v) is 6.31. The van der Waals surface area contributed by atoms with Crippen LogP contribution in [0.25, 0.3) is 0 Å². The highest BCUT2D eigenvalue weighted by Gasteiger charge is 2.37. The van der Waals surface area contributed by atoms with Gasteiger partial charge < -0.3 is 5.73 Å². The minimum Gasteiger partial charge on any atom is -0.329 e. The van der Waals surface area contributed by atoms with Gasteiger partial charge in [0.25, 0.3) is 0 Å². The SMILES string of the molecule is Cc1ccc(C#N)cc1S(=O)(=O)N1C(C)CCCC1CN. The molecule has 0 saturated carbocycles. The number of nitriles is 1. The van der Waals surface area contributed by atoms with Gasteiger partial charge >= 0.3 is 0 Å². The largest absolute Gasteiger partial charge is 0.329 e. The lowest BCUT2D eigenvalue weighted by atomic mass is 10.00. The van der Waals surface area contributed by atoms with Gasteiger partial charge in [0.2, 0.25) is 10.0 Å². The van der Waals surface area contributed by atoms with Crippen LogP contribution in [-0.2, 0) is 10.0 Å². The Kier molecular flexibility index (Phi) is 4.67. The third kappa shape index (κ3) is 2.95. The highest BCUT2D eigenvalue weighted by Crippen LogP contribution is 2.31. The predicted octanol–water partition coefficient (Wildman–Crippen LogP) is 1.76. The molecule has 1 aliphatic heterocycles. The van der Waals surface area contributed by atoms with Crippen LogP contribution in [0.3, 0.4) is 0 Å². The topological polar surface area (TPSA) is 87.2 Å². The molecule has 1 aromatic carbocycles. The summed E-state index contributed by atoms with van der Waals surface area (Å²) in [5, 5.41) is 9.00. The maximum absolute atomic E-state index is 13.0. The van der Waals surface area contributed by atoms with Crippen LogP contribution in [0.1, 0.15) is 37.3 Å². The van der Waals surface area contributed by atoms with Crippen molar-refractivity contribution in [3.05, 3.63) is 29.3 Å². The summed E-state index contributed by atoms with van der Waals surface area (Å²) in [4.78, 5) is 0.216. The van der Waals surface area contributed by atoms with E-state index in [-0.39, 0.29) is 17.0 Å². The molecule has 0 aliphatic carbocycles. The van der Waals surface area contributed by atoms with E-state index in [1.165, 1.54) is 6.07 Å². The summed E-state index contributed by atoms with van der Waals surface area (Å²) in [6.07, 6.45) is 2.62. The minimum absolute atomic E-state index is 0.0672. The fraction of sp³-hybridized carbons (Fsp3) is 0.533. The van der Waals surface area contributed by atoms with E-state index in [4.69, 9.17) is 11.0 Å². The van der Waals surface area contributed by atoms with Crippen LogP contribution < -0.4 is 5.73 Å². The molecule has 2 N–H and O–H groups in total. The predicted molar refractivity (Wildman–Crippen MR) is 81.1 cm³/mol. The number of nitrogens with two attached hydrogens (primary N) is 1. The van der Waals surface area contributed by atoms with E-state index in [1.54, 1.807) is 23.4 Å². The maximum Gasteiger partial charge on any atom is 0.243 e. The molecule has 0 amide bonds. The summed E-state index contributed by atoms with van der Waals surface area (Å²) in [5.41, 5.74) is 6.78. The van der Waals surface area contributed by atoms with Gasteiger partial charge in [-0.2, -0.15) is 9.57 Å². The Labute approximate surface area is 126 Å². The van der Waals surface area contributed by atoms with E-state index >= 15 is 0 Å². The molecule has 1 aromatic rings. The number of hydrogen-bond donors (Lipinski definition) is 1. The monoisotopic (exact) mass is 307 g/mol. The smallest absolute Gasteiger partial charge is 0.243 e. The van der Waals surface area contributed by atoms with E-state index in [9.17, 15) is 8.42 Å². The van der Waals surface area contributed by atoms with Gasteiger partial charge in [-0.05, 0) is 44.4 Å². The third-order valence-electron chi connectivity index (χ3n) is 4.10. The molecule has 2 atom stereocenters. The van der Waals surface area contributed by atoms with Crippen molar-refractivity contribution in [2.45, 2.75) is 50.1 Å². The molecule has 21 heavy (non-hydrogen) atoms. The lowest BCUT2D eigenvalue weighted by Crippen LogP contribution is -2.51. The zero-order valence-corrected chi connectivity index (χ0v) is 13.2. The molecule has 0 bridgehead atoms. The maximum atomic E-state index is 13.0. The lowest BCUT2D eigenvalue weighted by Gasteiger charge is -2.39. The van der Waals surface area contributed by atoms with Gasteiger partial charge in [-0.1, -0.05) is 12.5 Å². The van der Waals surface area contributed by atoms with Crippen molar-refractivity contribution in [2.24, 2.45) is 5.73 Å². The highest BCUT2D eigenvalue weighted by atomic mass is 32.2. The van der Waals surface area contributed by atoms with Gasteiger partial charge in [0.15, 0.2) is 0 Å². The van der Waals surface area contributed by atoms with E-state index in [0.717, 1.165) is 19.3 Å².